The van der Waals surface area contributed by atoms with E-state index in [4.69, 9.17) is 16.3 Å². The maximum Gasteiger partial charge on any atom is 0.230 e. The summed E-state index contributed by atoms with van der Waals surface area (Å²) in [6.07, 6.45) is 0.235. The summed E-state index contributed by atoms with van der Waals surface area (Å²) < 4.78 is 7.41. The van der Waals surface area contributed by atoms with Gasteiger partial charge in [0.1, 0.15) is 5.82 Å². The number of benzene rings is 1. The number of hydrogen-bond donors (Lipinski definition) is 1. The van der Waals surface area contributed by atoms with E-state index in [0.29, 0.717) is 15.8 Å². The van der Waals surface area contributed by atoms with E-state index < -0.39 is 0 Å². The van der Waals surface area contributed by atoms with Crippen LogP contribution in [0, 0.1) is 6.92 Å². The van der Waals surface area contributed by atoms with E-state index in [2.05, 4.69) is 28.8 Å². The third kappa shape index (κ3) is 3.20. The lowest BCUT2D eigenvalue weighted by molar-refractivity contribution is -0.0764. The molecule has 26 heavy (non-hydrogen) atoms. The maximum absolute atomic E-state index is 10.8. The summed E-state index contributed by atoms with van der Waals surface area (Å²) in [6.45, 7) is 7.51. The number of ether oxygens (including phenoxy) is 1. The molecule has 1 N–H and O–H groups in total. The van der Waals surface area contributed by atoms with Crippen LogP contribution in [0.5, 0.6) is 5.88 Å². The fourth-order valence-corrected chi connectivity index (χ4v) is 5.02. The first kappa shape index (κ1) is 17.7. The van der Waals surface area contributed by atoms with Crippen molar-refractivity contribution >= 4 is 27.9 Å². The Labute approximate surface area is 161 Å². The van der Waals surface area contributed by atoms with Crippen molar-refractivity contribution in [3.05, 3.63) is 45.6 Å². The first-order chi connectivity index (χ1) is 12.4. The first-order valence-corrected chi connectivity index (χ1v) is 9.82. The number of halogens is 1. The van der Waals surface area contributed by atoms with Crippen LogP contribution < -0.4 is 0 Å². The number of hydrogen-bond acceptors (Lipinski definition) is 6. The number of aromatic hydroxyl groups is 1. The summed E-state index contributed by atoms with van der Waals surface area (Å²) in [7, 11) is 0. The van der Waals surface area contributed by atoms with Crippen LogP contribution in [0.2, 0.25) is 5.02 Å². The normalized spacial score (nSPS) is 22.8. The SMILES string of the molecule is Cc1nc2sc([C@@H](c3cccc(Cl)c3)N3C[C@@H](C)O[C@H](C)C3)c(O)n2n1. The van der Waals surface area contributed by atoms with Crippen LogP contribution in [0.1, 0.15) is 36.2 Å². The zero-order valence-corrected chi connectivity index (χ0v) is 16.5. The van der Waals surface area contributed by atoms with Gasteiger partial charge in [0.25, 0.3) is 0 Å². The Kier molecular flexibility index (Phi) is 4.64. The molecule has 0 amide bonds. The van der Waals surface area contributed by atoms with Crippen molar-refractivity contribution in [3.63, 3.8) is 0 Å². The minimum atomic E-state index is -0.128. The van der Waals surface area contributed by atoms with Crippen LogP contribution in [-0.2, 0) is 4.74 Å². The second-order valence-electron chi connectivity index (χ2n) is 6.81. The third-order valence-corrected chi connectivity index (χ3v) is 5.84. The van der Waals surface area contributed by atoms with Crippen LogP contribution >= 0.6 is 22.9 Å². The van der Waals surface area contributed by atoms with Gasteiger partial charge in [-0.1, -0.05) is 35.1 Å². The predicted octanol–water partition coefficient (Wildman–Crippen LogP) is 3.66. The molecule has 2 aromatic heterocycles. The molecule has 1 saturated heterocycles. The smallest absolute Gasteiger partial charge is 0.230 e. The van der Waals surface area contributed by atoms with E-state index in [0.717, 1.165) is 23.5 Å². The number of fused-ring (bicyclic) bond motifs is 1. The molecule has 3 aromatic rings. The summed E-state index contributed by atoms with van der Waals surface area (Å²) in [6, 6.07) is 7.67. The predicted molar refractivity (Wildman–Crippen MR) is 102 cm³/mol. The van der Waals surface area contributed by atoms with Gasteiger partial charge in [0.2, 0.25) is 10.8 Å². The lowest BCUT2D eigenvalue weighted by atomic mass is 10.0. The number of thiazole rings is 1. The van der Waals surface area contributed by atoms with Gasteiger partial charge in [-0.2, -0.15) is 4.52 Å². The molecule has 1 fully saturated rings. The largest absolute Gasteiger partial charge is 0.492 e. The quantitative estimate of drug-likeness (QED) is 0.737. The highest BCUT2D eigenvalue weighted by Crippen LogP contribution is 2.41. The van der Waals surface area contributed by atoms with Crippen molar-refractivity contribution in [2.75, 3.05) is 13.1 Å². The molecule has 0 aliphatic carbocycles. The lowest BCUT2D eigenvalue weighted by Gasteiger charge is -2.40. The fourth-order valence-electron chi connectivity index (χ4n) is 3.66. The molecular weight excluding hydrogens is 372 g/mol. The van der Waals surface area contributed by atoms with E-state index in [1.54, 1.807) is 0 Å². The summed E-state index contributed by atoms with van der Waals surface area (Å²) in [5.74, 6) is 0.786. The van der Waals surface area contributed by atoms with Gasteiger partial charge in [0, 0.05) is 18.1 Å². The number of nitrogens with zero attached hydrogens (tertiary/aromatic N) is 4. The Morgan fingerprint density at radius 3 is 2.69 bits per heavy atom. The van der Waals surface area contributed by atoms with Gasteiger partial charge in [-0.05, 0) is 38.5 Å². The number of morpholine rings is 1. The standard InChI is InChI=1S/C18H21ClN4O2S/c1-10-8-22(9-11(2)25-10)15(13-5-4-6-14(19)7-13)16-17(24)23-18(26-16)20-12(3)21-23/h4-7,10-11,15,24H,8-9H2,1-3H3/t10-,11-,15-/m1/s1. The molecule has 4 rings (SSSR count). The average Bonchev–Trinajstić information content (AvgIpc) is 3.05. The number of aryl methyl sites for hydroxylation is 1. The lowest BCUT2D eigenvalue weighted by Crippen LogP contribution is -2.47. The highest BCUT2D eigenvalue weighted by atomic mass is 35.5. The molecule has 0 spiro atoms. The Bertz CT molecular complexity index is 931. The molecule has 6 nitrogen and oxygen atoms in total. The van der Waals surface area contributed by atoms with Crippen LogP contribution in [0.3, 0.4) is 0 Å². The van der Waals surface area contributed by atoms with Gasteiger partial charge in [0.15, 0.2) is 0 Å². The Morgan fingerprint density at radius 2 is 2.04 bits per heavy atom. The van der Waals surface area contributed by atoms with Gasteiger partial charge in [-0.3, -0.25) is 4.90 Å². The van der Waals surface area contributed by atoms with E-state index in [1.165, 1.54) is 15.9 Å². The van der Waals surface area contributed by atoms with Crippen molar-refractivity contribution in [1.29, 1.82) is 0 Å². The molecule has 0 saturated carbocycles. The van der Waals surface area contributed by atoms with Crippen molar-refractivity contribution in [3.8, 4) is 5.88 Å². The van der Waals surface area contributed by atoms with Gasteiger partial charge in [0.05, 0.1) is 23.1 Å². The van der Waals surface area contributed by atoms with E-state index in [1.807, 2.05) is 31.2 Å². The summed E-state index contributed by atoms with van der Waals surface area (Å²) in [5.41, 5.74) is 1.04. The van der Waals surface area contributed by atoms with E-state index in [-0.39, 0.29) is 24.1 Å². The number of rotatable bonds is 3. The van der Waals surface area contributed by atoms with Crippen molar-refractivity contribution < 1.29 is 9.84 Å². The van der Waals surface area contributed by atoms with Crippen LogP contribution in [-0.4, -0.2) is 49.9 Å². The van der Waals surface area contributed by atoms with Crippen LogP contribution in [0.15, 0.2) is 24.3 Å². The second kappa shape index (κ2) is 6.81. The second-order valence-corrected chi connectivity index (χ2v) is 8.26. The highest BCUT2D eigenvalue weighted by Gasteiger charge is 2.34. The molecule has 3 heterocycles. The molecule has 3 atom stereocenters. The first-order valence-electron chi connectivity index (χ1n) is 8.62. The molecule has 0 bridgehead atoms. The van der Waals surface area contributed by atoms with Gasteiger partial charge < -0.3 is 9.84 Å². The molecule has 138 valence electrons. The number of aromatic nitrogens is 3. The van der Waals surface area contributed by atoms with E-state index >= 15 is 0 Å². The van der Waals surface area contributed by atoms with Crippen molar-refractivity contribution in [2.45, 2.75) is 39.0 Å². The van der Waals surface area contributed by atoms with Gasteiger partial charge in [-0.25, -0.2) is 4.98 Å². The van der Waals surface area contributed by atoms with Gasteiger partial charge >= 0.3 is 0 Å². The van der Waals surface area contributed by atoms with Crippen LogP contribution in [0.25, 0.3) is 4.96 Å². The zero-order valence-electron chi connectivity index (χ0n) is 14.9. The van der Waals surface area contributed by atoms with Gasteiger partial charge in [-0.15, -0.1) is 5.10 Å². The summed E-state index contributed by atoms with van der Waals surface area (Å²) in [4.78, 5) is 8.25. The molecular formula is C18H21ClN4O2S. The minimum Gasteiger partial charge on any atom is -0.492 e. The Balaban J connectivity index is 1.84. The summed E-state index contributed by atoms with van der Waals surface area (Å²) in [5, 5.41) is 15.8. The van der Waals surface area contributed by atoms with Crippen molar-refractivity contribution in [1.82, 2.24) is 19.5 Å². The highest BCUT2D eigenvalue weighted by molar-refractivity contribution is 7.17. The fraction of sp³-hybridized carbons (Fsp3) is 0.444. The molecule has 0 unspecified atom stereocenters. The molecule has 1 aliphatic rings. The Morgan fingerprint density at radius 1 is 1.31 bits per heavy atom. The molecule has 0 radical (unpaired) electrons. The Hall–Kier alpha value is -1.67. The molecule has 1 aliphatic heterocycles. The topological polar surface area (TPSA) is 62.9 Å². The monoisotopic (exact) mass is 392 g/mol. The van der Waals surface area contributed by atoms with Crippen molar-refractivity contribution in [2.24, 2.45) is 0 Å². The van der Waals surface area contributed by atoms with Crippen LogP contribution in [0.4, 0.5) is 0 Å². The summed E-state index contributed by atoms with van der Waals surface area (Å²) >= 11 is 7.72. The minimum absolute atomic E-state index is 0.118. The third-order valence-electron chi connectivity index (χ3n) is 4.53. The zero-order chi connectivity index (χ0) is 18.4. The molecule has 8 heteroatoms. The average molecular weight is 393 g/mol. The molecule has 1 aromatic carbocycles. The maximum atomic E-state index is 10.8. The van der Waals surface area contributed by atoms with E-state index in [9.17, 15) is 5.11 Å².